The predicted octanol–water partition coefficient (Wildman–Crippen LogP) is 2.46. The highest BCUT2D eigenvalue weighted by Gasteiger charge is 2.29. The van der Waals surface area contributed by atoms with Crippen molar-refractivity contribution >= 4 is 0 Å². The van der Waals surface area contributed by atoms with Crippen molar-refractivity contribution in [3.8, 4) is 11.4 Å². The molecular weight excluding hydrogens is 245 g/mol. The van der Waals surface area contributed by atoms with Crippen molar-refractivity contribution in [3.63, 3.8) is 0 Å². The van der Waals surface area contributed by atoms with Gasteiger partial charge in [-0.05, 0) is 49.4 Å². The van der Waals surface area contributed by atoms with Crippen LogP contribution in [0.15, 0.2) is 22.7 Å². The zero-order valence-electron chi connectivity index (χ0n) is 10.8. The van der Waals surface area contributed by atoms with Crippen LogP contribution in [0.3, 0.4) is 0 Å². The minimum absolute atomic E-state index is 0.100. The molecule has 4 nitrogen and oxygen atoms in total. The van der Waals surface area contributed by atoms with Crippen LogP contribution in [0.1, 0.15) is 24.3 Å². The van der Waals surface area contributed by atoms with Gasteiger partial charge in [-0.25, -0.2) is 4.39 Å². The van der Waals surface area contributed by atoms with Crippen molar-refractivity contribution < 1.29 is 8.91 Å². The maximum Gasteiger partial charge on any atom is 0.228 e. The fourth-order valence-electron chi connectivity index (χ4n) is 2.13. The Bertz CT molecular complexity index is 592. The van der Waals surface area contributed by atoms with E-state index in [9.17, 15) is 4.39 Å². The van der Waals surface area contributed by atoms with Crippen LogP contribution in [0.5, 0.6) is 0 Å². The average molecular weight is 261 g/mol. The summed E-state index contributed by atoms with van der Waals surface area (Å²) >= 11 is 0. The third-order valence-electron chi connectivity index (χ3n) is 3.52. The minimum atomic E-state index is -0.233. The molecule has 0 spiro atoms. The Morgan fingerprint density at radius 1 is 1.47 bits per heavy atom. The molecule has 5 heteroatoms. The van der Waals surface area contributed by atoms with Crippen LogP contribution in [0.2, 0.25) is 0 Å². The van der Waals surface area contributed by atoms with Gasteiger partial charge >= 0.3 is 0 Å². The molecule has 1 saturated carbocycles. The summed E-state index contributed by atoms with van der Waals surface area (Å²) in [6, 6.07) is 4.88. The third-order valence-corrected chi connectivity index (χ3v) is 3.52. The van der Waals surface area contributed by atoms with E-state index in [0.29, 0.717) is 29.6 Å². The van der Waals surface area contributed by atoms with Gasteiger partial charge in [-0.1, -0.05) is 5.16 Å². The number of halogens is 1. The Morgan fingerprint density at radius 3 is 2.95 bits per heavy atom. The Hall–Kier alpha value is -1.75. The molecule has 0 bridgehead atoms. The predicted molar refractivity (Wildman–Crippen MR) is 68.8 cm³/mol. The van der Waals surface area contributed by atoms with Gasteiger partial charge in [0.2, 0.25) is 11.7 Å². The topological polar surface area (TPSA) is 64.9 Å². The van der Waals surface area contributed by atoms with Gasteiger partial charge in [0.15, 0.2) is 0 Å². The van der Waals surface area contributed by atoms with E-state index < -0.39 is 0 Å². The number of aryl methyl sites for hydroxylation is 1. The quantitative estimate of drug-likeness (QED) is 0.918. The number of nitrogens with two attached hydrogens (primary N) is 1. The molecule has 0 aliphatic heterocycles. The molecule has 1 aromatic carbocycles. The summed E-state index contributed by atoms with van der Waals surface area (Å²) in [4.78, 5) is 4.32. The van der Waals surface area contributed by atoms with Gasteiger partial charge < -0.3 is 10.3 Å². The van der Waals surface area contributed by atoms with Crippen molar-refractivity contribution in [2.45, 2.75) is 32.2 Å². The van der Waals surface area contributed by atoms with E-state index in [4.69, 9.17) is 10.3 Å². The summed E-state index contributed by atoms with van der Waals surface area (Å²) in [5.74, 6) is 1.41. The molecule has 19 heavy (non-hydrogen) atoms. The molecule has 1 atom stereocenters. The summed E-state index contributed by atoms with van der Waals surface area (Å²) < 4.78 is 18.4. The molecule has 1 unspecified atom stereocenters. The molecule has 0 radical (unpaired) electrons. The van der Waals surface area contributed by atoms with Gasteiger partial charge in [0.1, 0.15) is 5.82 Å². The molecule has 1 aliphatic carbocycles. The molecule has 2 aromatic rings. The van der Waals surface area contributed by atoms with Crippen LogP contribution >= 0.6 is 0 Å². The first-order valence-corrected chi connectivity index (χ1v) is 6.48. The summed E-state index contributed by atoms with van der Waals surface area (Å²) in [6.07, 6.45) is 3.00. The maximum atomic E-state index is 13.2. The van der Waals surface area contributed by atoms with Crippen LogP contribution in [-0.2, 0) is 6.42 Å². The van der Waals surface area contributed by atoms with E-state index in [0.717, 1.165) is 5.56 Å². The lowest BCUT2D eigenvalue weighted by Crippen LogP contribution is -2.25. The molecule has 0 saturated heterocycles. The first kappa shape index (κ1) is 12.3. The van der Waals surface area contributed by atoms with E-state index in [2.05, 4.69) is 10.1 Å². The second kappa shape index (κ2) is 4.74. The molecule has 2 N–H and O–H groups in total. The molecule has 1 aliphatic rings. The van der Waals surface area contributed by atoms with E-state index in [1.165, 1.54) is 18.9 Å². The second-order valence-corrected chi connectivity index (χ2v) is 5.18. The highest BCUT2D eigenvalue weighted by atomic mass is 19.1. The Labute approximate surface area is 110 Å². The second-order valence-electron chi connectivity index (χ2n) is 5.18. The summed E-state index contributed by atoms with van der Waals surface area (Å²) in [5, 5.41) is 3.93. The Kier molecular flexibility index (Phi) is 3.06. The number of hydrogen-bond donors (Lipinski definition) is 1. The zero-order chi connectivity index (χ0) is 13.4. The van der Waals surface area contributed by atoms with Crippen molar-refractivity contribution in [1.82, 2.24) is 10.1 Å². The largest absolute Gasteiger partial charge is 0.339 e. The van der Waals surface area contributed by atoms with Crippen LogP contribution in [0.4, 0.5) is 4.39 Å². The summed E-state index contributed by atoms with van der Waals surface area (Å²) in [7, 11) is 0. The lowest BCUT2D eigenvalue weighted by Gasteiger charge is -2.04. The lowest BCUT2D eigenvalue weighted by molar-refractivity contribution is 0.364. The molecule has 100 valence electrons. The number of nitrogens with zero attached hydrogens (tertiary/aromatic N) is 2. The molecule has 1 heterocycles. The number of hydrogen-bond acceptors (Lipinski definition) is 4. The Morgan fingerprint density at radius 2 is 2.26 bits per heavy atom. The first-order chi connectivity index (χ1) is 9.13. The van der Waals surface area contributed by atoms with Crippen molar-refractivity contribution in [1.29, 1.82) is 0 Å². The smallest absolute Gasteiger partial charge is 0.228 e. The van der Waals surface area contributed by atoms with Gasteiger partial charge in [0.25, 0.3) is 0 Å². The summed E-state index contributed by atoms with van der Waals surface area (Å²) in [6.45, 7) is 1.71. The monoisotopic (exact) mass is 261 g/mol. The lowest BCUT2D eigenvalue weighted by atomic mass is 10.1. The fraction of sp³-hybridized carbons (Fsp3) is 0.429. The minimum Gasteiger partial charge on any atom is -0.339 e. The van der Waals surface area contributed by atoms with Gasteiger partial charge in [0, 0.05) is 18.0 Å². The van der Waals surface area contributed by atoms with Gasteiger partial charge in [-0.15, -0.1) is 0 Å². The van der Waals surface area contributed by atoms with E-state index in [-0.39, 0.29) is 11.9 Å². The third kappa shape index (κ3) is 2.66. The normalized spacial score (nSPS) is 16.6. The van der Waals surface area contributed by atoms with Crippen LogP contribution in [0, 0.1) is 18.7 Å². The van der Waals surface area contributed by atoms with E-state index in [1.54, 1.807) is 19.1 Å². The van der Waals surface area contributed by atoms with Crippen molar-refractivity contribution in [2.75, 3.05) is 0 Å². The van der Waals surface area contributed by atoms with Crippen molar-refractivity contribution in [3.05, 3.63) is 35.5 Å². The van der Waals surface area contributed by atoms with Gasteiger partial charge in [-0.3, -0.25) is 0 Å². The summed E-state index contributed by atoms with van der Waals surface area (Å²) in [5.41, 5.74) is 7.35. The standard InChI is InChI=1S/C14H16FN3O/c1-8-6-10(4-5-11(8)15)14-17-13(19-18-14)7-12(16)9-2-3-9/h4-6,9,12H,2-3,7,16H2,1H3. The average Bonchev–Trinajstić information content (AvgIpc) is 3.14. The first-order valence-electron chi connectivity index (χ1n) is 6.48. The molecule has 1 aromatic heterocycles. The van der Waals surface area contributed by atoms with Crippen LogP contribution < -0.4 is 5.73 Å². The van der Waals surface area contributed by atoms with Crippen LogP contribution in [-0.4, -0.2) is 16.2 Å². The van der Waals surface area contributed by atoms with Gasteiger partial charge in [-0.2, -0.15) is 4.98 Å². The fourth-order valence-corrected chi connectivity index (χ4v) is 2.13. The van der Waals surface area contributed by atoms with Crippen molar-refractivity contribution in [2.24, 2.45) is 11.7 Å². The van der Waals surface area contributed by atoms with Crippen LogP contribution in [0.25, 0.3) is 11.4 Å². The van der Waals surface area contributed by atoms with E-state index in [1.807, 2.05) is 0 Å². The Balaban J connectivity index is 1.77. The number of aromatic nitrogens is 2. The highest BCUT2D eigenvalue weighted by Crippen LogP contribution is 2.32. The maximum absolute atomic E-state index is 13.2. The number of benzene rings is 1. The number of rotatable bonds is 4. The van der Waals surface area contributed by atoms with Gasteiger partial charge in [0.05, 0.1) is 0 Å². The molecule has 3 rings (SSSR count). The molecule has 0 amide bonds. The molecular formula is C14H16FN3O. The zero-order valence-corrected chi connectivity index (χ0v) is 10.8. The van der Waals surface area contributed by atoms with E-state index >= 15 is 0 Å². The highest BCUT2D eigenvalue weighted by molar-refractivity contribution is 5.55. The molecule has 1 fully saturated rings. The SMILES string of the molecule is Cc1cc(-c2noc(CC(N)C3CC3)n2)ccc1F.